The quantitative estimate of drug-likeness (QED) is 0.174. The van der Waals surface area contributed by atoms with Crippen LogP contribution < -0.4 is 21.7 Å². The second-order valence-electron chi connectivity index (χ2n) is 12.1. The first-order chi connectivity index (χ1) is 21.7. The number of nitrogens with zero attached hydrogens (tertiary/aromatic N) is 1. The number of carbonyl (C=O) groups is 4. The zero-order valence-electron chi connectivity index (χ0n) is 26.4. The van der Waals surface area contributed by atoms with Gasteiger partial charge in [0.25, 0.3) is 0 Å². The topological polar surface area (TPSA) is 149 Å². The van der Waals surface area contributed by atoms with Crippen LogP contribution in [0.3, 0.4) is 0 Å². The van der Waals surface area contributed by atoms with Gasteiger partial charge in [-0.15, -0.1) is 0 Å². The number of benzene rings is 2. The van der Waals surface area contributed by atoms with Gasteiger partial charge in [-0.3, -0.25) is 19.2 Å². The first-order valence-corrected chi connectivity index (χ1v) is 17.1. The van der Waals surface area contributed by atoms with Gasteiger partial charge in [-0.1, -0.05) is 62.4 Å². The standard InChI is InChI=1S/C34H46N6O4S/c1-22(2)18-28(39-33(43)30-14-9-16-40(30)34(44)26(35)15-17-45-3)32(42)38-29(31(41)37-20-23-10-5-4-6-11-23)19-24-21-36-27-13-8-7-12-25(24)27/h4-8,10-13,21-22,26,28-30,36H,9,14-20,35H2,1-3H3,(H,37,41)(H,38,42)(H,39,43)/t26-,28-,29-,30-/m0/s1. The Kier molecular flexibility index (Phi) is 12.5. The smallest absolute Gasteiger partial charge is 0.243 e. The summed E-state index contributed by atoms with van der Waals surface area (Å²) in [6.07, 6.45) is 6.18. The summed E-state index contributed by atoms with van der Waals surface area (Å²) in [5.41, 5.74) is 8.93. The van der Waals surface area contributed by atoms with Crippen LogP contribution >= 0.6 is 11.8 Å². The second-order valence-corrected chi connectivity index (χ2v) is 13.1. The maximum atomic E-state index is 13.8. The minimum absolute atomic E-state index is 0.0845. The molecule has 1 saturated heterocycles. The molecule has 4 rings (SSSR count). The Morgan fingerprint density at radius 3 is 2.47 bits per heavy atom. The lowest BCUT2D eigenvalue weighted by Gasteiger charge is -2.29. The fraction of sp³-hybridized carbons (Fsp3) is 0.471. The molecule has 10 nitrogen and oxygen atoms in total. The van der Waals surface area contributed by atoms with Crippen LogP contribution in [0.15, 0.2) is 60.8 Å². The molecule has 0 spiro atoms. The molecule has 0 radical (unpaired) electrons. The highest BCUT2D eigenvalue weighted by Crippen LogP contribution is 2.21. The third kappa shape index (κ3) is 9.34. The molecule has 242 valence electrons. The Morgan fingerprint density at radius 2 is 1.73 bits per heavy atom. The molecule has 1 aliphatic heterocycles. The summed E-state index contributed by atoms with van der Waals surface area (Å²) in [4.78, 5) is 58.8. The number of nitrogens with one attached hydrogen (secondary N) is 4. The zero-order valence-corrected chi connectivity index (χ0v) is 27.2. The molecule has 1 aliphatic rings. The number of aromatic amines is 1. The van der Waals surface area contributed by atoms with E-state index >= 15 is 0 Å². The highest BCUT2D eigenvalue weighted by atomic mass is 32.2. The Bertz CT molecular complexity index is 1440. The van der Waals surface area contributed by atoms with Crippen molar-refractivity contribution in [2.45, 2.75) is 76.7 Å². The molecule has 0 unspecified atom stereocenters. The van der Waals surface area contributed by atoms with Crippen molar-refractivity contribution in [3.05, 3.63) is 71.9 Å². The number of para-hydroxylation sites is 1. The van der Waals surface area contributed by atoms with Gasteiger partial charge < -0.3 is 31.6 Å². The molecular weight excluding hydrogens is 588 g/mol. The summed E-state index contributed by atoms with van der Waals surface area (Å²) < 4.78 is 0. The molecule has 1 aromatic heterocycles. The molecule has 1 fully saturated rings. The summed E-state index contributed by atoms with van der Waals surface area (Å²) in [6, 6.07) is 14.3. The molecule has 2 aromatic carbocycles. The molecule has 4 amide bonds. The van der Waals surface area contributed by atoms with Crippen molar-refractivity contribution in [1.29, 1.82) is 0 Å². The predicted molar refractivity (Wildman–Crippen MR) is 179 cm³/mol. The maximum absolute atomic E-state index is 13.8. The molecule has 0 saturated carbocycles. The number of hydrogen-bond donors (Lipinski definition) is 5. The minimum atomic E-state index is -0.883. The number of thioether (sulfide) groups is 1. The third-order valence-electron chi connectivity index (χ3n) is 8.17. The van der Waals surface area contributed by atoms with E-state index in [9.17, 15) is 19.2 Å². The molecular formula is C34H46N6O4S. The van der Waals surface area contributed by atoms with E-state index in [4.69, 9.17) is 5.73 Å². The summed E-state index contributed by atoms with van der Waals surface area (Å²) in [7, 11) is 0. The van der Waals surface area contributed by atoms with Gasteiger partial charge >= 0.3 is 0 Å². The van der Waals surface area contributed by atoms with Crippen LogP contribution in [-0.2, 0) is 32.1 Å². The number of rotatable bonds is 15. The summed E-state index contributed by atoms with van der Waals surface area (Å²) in [5.74, 6) is -0.530. The largest absolute Gasteiger partial charge is 0.361 e. The minimum Gasteiger partial charge on any atom is -0.361 e. The van der Waals surface area contributed by atoms with Gasteiger partial charge in [0.2, 0.25) is 23.6 Å². The van der Waals surface area contributed by atoms with E-state index in [0.29, 0.717) is 38.8 Å². The monoisotopic (exact) mass is 634 g/mol. The van der Waals surface area contributed by atoms with Crippen LogP contribution in [0.25, 0.3) is 10.9 Å². The van der Waals surface area contributed by atoms with Crippen LogP contribution in [-0.4, -0.2) is 76.2 Å². The number of carbonyl (C=O) groups excluding carboxylic acids is 4. The fourth-order valence-electron chi connectivity index (χ4n) is 5.77. The fourth-order valence-corrected chi connectivity index (χ4v) is 6.26. The normalized spacial score (nSPS) is 16.7. The lowest BCUT2D eigenvalue weighted by molar-refractivity contribution is -0.140. The van der Waals surface area contributed by atoms with Gasteiger partial charge in [0, 0.05) is 36.6 Å². The molecule has 0 aliphatic carbocycles. The van der Waals surface area contributed by atoms with Crippen LogP contribution in [0.4, 0.5) is 0 Å². The molecule has 11 heteroatoms. The van der Waals surface area contributed by atoms with Crippen molar-refractivity contribution in [1.82, 2.24) is 25.8 Å². The van der Waals surface area contributed by atoms with Crippen LogP contribution in [0, 0.1) is 5.92 Å². The van der Waals surface area contributed by atoms with E-state index < -0.39 is 30.1 Å². The van der Waals surface area contributed by atoms with E-state index in [0.717, 1.165) is 27.8 Å². The van der Waals surface area contributed by atoms with E-state index in [1.54, 1.807) is 16.7 Å². The lowest BCUT2D eigenvalue weighted by atomic mass is 10.00. The first-order valence-electron chi connectivity index (χ1n) is 15.7. The molecule has 45 heavy (non-hydrogen) atoms. The molecule has 6 N–H and O–H groups in total. The number of nitrogens with two attached hydrogens (primary N) is 1. The van der Waals surface area contributed by atoms with E-state index in [-0.39, 0.29) is 30.1 Å². The van der Waals surface area contributed by atoms with Crippen molar-refractivity contribution < 1.29 is 19.2 Å². The summed E-state index contributed by atoms with van der Waals surface area (Å²) in [6.45, 7) is 4.72. The van der Waals surface area contributed by atoms with Crippen molar-refractivity contribution in [2.75, 3.05) is 18.6 Å². The average Bonchev–Trinajstić information content (AvgIpc) is 3.69. The van der Waals surface area contributed by atoms with Gasteiger partial charge in [-0.2, -0.15) is 11.8 Å². The zero-order chi connectivity index (χ0) is 32.3. The molecule has 2 heterocycles. The molecule has 3 aromatic rings. The van der Waals surface area contributed by atoms with Crippen LogP contribution in [0.1, 0.15) is 50.7 Å². The second kappa shape index (κ2) is 16.5. The highest BCUT2D eigenvalue weighted by molar-refractivity contribution is 7.98. The Hall–Kier alpha value is -3.83. The number of fused-ring (bicyclic) bond motifs is 1. The Morgan fingerprint density at radius 1 is 1.00 bits per heavy atom. The van der Waals surface area contributed by atoms with Gasteiger partial charge in [0.05, 0.1) is 6.04 Å². The highest BCUT2D eigenvalue weighted by Gasteiger charge is 2.38. The van der Waals surface area contributed by atoms with Gasteiger partial charge in [0.15, 0.2) is 0 Å². The van der Waals surface area contributed by atoms with Crippen LogP contribution in [0.2, 0.25) is 0 Å². The maximum Gasteiger partial charge on any atom is 0.243 e. The number of likely N-dealkylation sites (tertiary alicyclic amines) is 1. The van der Waals surface area contributed by atoms with Gasteiger partial charge in [0.1, 0.15) is 18.1 Å². The van der Waals surface area contributed by atoms with Crippen molar-refractivity contribution >= 4 is 46.3 Å². The third-order valence-corrected chi connectivity index (χ3v) is 8.81. The van der Waals surface area contributed by atoms with Gasteiger partial charge in [-0.05, 0) is 60.8 Å². The van der Waals surface area contributed by atoms with Crippen molar-refractivity contribution in [3.63, 3.8) is 0 Å². The lowest BCUT2D eigenvalue weighted by Crippen LogP contribution is -2.57. The summed E-state index contributed by atoms with van der Waals surface area (Å²) >= 11 is 1.62. The number of H-pyrrole nitrogens is 1. The predicted octanol–water partition coefficient (Wildman–Crippen LogP) is 3.11. The van der Waals surface area contributed by atoms with E-state index in [1.807, 2.05) is 80.9 Å². The van der Waals surface area contributed by atoms with E-state index in [2.05, 4.69) is 20.9 Å². The van der Waals surface area contributed by atoms with Crippen molar-refractivity contribution in [2.24, 2.45) is 11.7 Å². The van der Waals surface area contributed by atoms with Gasteiger partial charge in [-0.25, -0.2) is 0 Å². The van der Waals surface area contributed by atoms with Crippen molar-refractivity contribution in [3.8, 4) is 0 Å². The first kappa shape index (κ1) is 34.1. The van der Waals surface area contributed by atoms with Crippen LogP contribution in [0.5, 0.6) is 0 Å². The number of aromatic nitrogens is 1. The SMILES string of the molecule is CSCC[C@H](N)C(=O)N1CCC[C@H]1C(=O)N[C@@H](CC(C)C)C(=O)N[C@@H](Cc1c[nH]c2ccccc12)C(=O)NCc1ccccc1. The molecule has 4 atom stereocenters. The summed E-state index contributed by atoms with van der Waals surface area (Å²) in [5, 5.41) is 9.81. The number of hydrogen-bond acceptors (Lipinski definition) is 6. The van der Waals surface area contributed by atoms with E-state index in [1.165, 1.54) is 0 Å². The molecule has 0 bridgehead atoms. The average molecular weight is 635 g/mol. The number of amides is 4. The Balaban J connectivity index is 1.49. The Labute approximate surface area is 269 Å².